The van der Waals surface area contributed by atoms with Crippen molar-refractivity contribution in [2.24, 2.45) is 0 Å². The maximum absolute atomic E-state index is 12.7. The topological polar surface area (TPSA) is 46.2 Å². The van der Waals surface area contributed by atoms with Crippen molar-refractivity contribution in [1.82, 2.24) is 5.32 Å². The van der Waals surface area contributed by atoms with Gasteiger partial charge in [-0.2, -0.15) is 0 Å². The Morgan fingerprint density at radius 3 is 2.52 bits per heavy atom. The van der Waals surface area contributed by atoms with E-state index in [1.54, 1.807) is 0 Å². The van der Waals surface area contributed by atoms with Gasteiger partial charge in [0, 0.05) is 16.5 Å². The van der Waals surface area contributed by atoms with Gasteiger partial charge < -0.3 is 5.32 Å². The molecule has 1 N–H and O–H groups in total. The number of benzene rings is 1. The first-order valence-electron chi connectivity index (χ1n) is 8.69. The van der Waals surface area contributed by atoms with Crippen molar-refractivity contribution < 1.29 is 9.00 Å². The zero-order valence-electron chi connectivity index (χ0n) is 13.6. The van der Waals surface area contributed by atoms with Crippen LogP contribution >= 0.6 is 0 Å². The van der Waals surface area contributed by atoms with Crippen molar-refractivity contribution in [2.75, 3.05) is 0 Å². The molecule has 124 valence electrons. The molecule has 4 heteroatoms. The second-order valence-electron chi connectivity index (χ2n) is 6.54. The number of allylic oxidation sites excluding steroid dienone is 1. The zero-order chi connectivity index (χ0) is 16.1. The number of nitrogens with one attached hydrogen (secondary N) is 1. The van der Waals surface area contributed by atoms with Gasteiger partial charge in [-0.1, -0.05) is 49.6 Å². The van der Waals surface area contributed by atoms with Crippen LogP contribution in [0.5, 0.6) is 0 Å². The summed E-state index contributed by atoms with van der Waals surface area (Å²) in [6.45, 7) is 0. The van der Waals surface area contributed by atoms with Crippen LogP contribution in [-0.4, -0.2) is 16.2 Å². The third-order valence-corrected chi connectivity index (χ3v) is 6.39. The van der Waals surface area contributed by atoms with Crippen LogP contribution in [0.3, 0.4) is 0 Å². The molecule has 0 heterocycles. The van der Waals surface area contributed by atoms with E-state index in [4.69, 9.17) is 0 Å². The average Bonchev–Trinajstić information content (AvgIpc) is 3.06. The minimum Gasteiger partial charge on any atom is -0.350 e. The Balaban J connectivity index is 1.67. The van der Waals surface area contributed by atoms with Gasteiger partial charge in [0.25, 0.3) is 0 Å². The molecule has 0 bridgehead atoms. The van der Waals surface area contributed by atoms with Crippen LogP contribution in [0, 0.1) is 0 Å². The van der Waals surface area contributed by atoms with Gasteiger partial charge in [0.05, 0.1) is 16.6 Å². The van der Waals surface area contributed by atoms with E-state index in [2.05, 4.69) is 5.32 Å². The molecule has 2 aliphatic carbocycles. The number of amides is 1. The van der Waals surface area contributed by atoms with Crippen LogP contribution in [0.25, 0.3) is 0 Å². The largest absolute Gasteiger partial charge is 0.350 e. The lowest BCUT2D eigenvalue weighted by Gasteiger charge is -2.23. The van der Waals surface area contributed by atoms with E-state index in [0.29, 0.717) is 11.8 Å². The first kappa shape index (κ1) is 16.4. The highest BCUT2D eigenvalue weighted by Crippen LogP contribution is 2.30. The molecule has 1 saturated carbocycles. The maximum atomic E-state index is 12.7. The molecule has 0 aromatic heterocycles. The van der Waals surface area contributed by atoms with Gasteiger partial charge >= 0.3 is 0 Å². The van der Waals surface area contributed by atoms with Crippen molar-refractivity contribution in [1.29, 1.82) is 0 Å². The summed E-state index contributed by atoms with van der Waals surface area (Å²) < 4.78 is 12.7. The third-order valence-electron chi connectivity index (χ3n) is 4.80. The first-order valence-corrected chi connectivity index (χ1v) is 10.0. The lowest BCUT2D eigenvalue weighted by Crippen LogP contribution is -2.37. The first-order chi connectivity index (χ1) is 11.2. The summed E-state index contributed by atoms with van der Waals surface area (Å²) in [5, 5.41) is 3.18. The number of carbonyl (C=O) groups is 1. The normalized spacial score (nSPS) is 20.5. The number of hydrogen-bond acceptors (Lipinski definition) is 2. The fourth-order valence-corrected chi connectivity index (χ4v) is 5.05. The Bertz CT molecular complexity index is 603. The monoisotopic (exact) mass is 331 g/mol. The highest BCUT2D eigenvalue weighted by atomic mass is 32.2. The van der Waals surface area contributed by atoms with Crippen LogP contribution in [-0.2, 0) is 21.3 Å². The molecular weight excluding hydrogens is 306 g/mol. The fraction of sp³-hybridized carbons (Fsp3) is 0.526. The molecule has 1 amide bonds. The van der Waals surface area contributed by atoms with Crippen LogP contribution in [0.15, 0.2) is 40.8 Å². The molecule has 0 radical (unpaired) electrons. The lowest BCUT2D eigenvalue weighted by molar-refractivity contribution is -0.118. The maximum Gasteiger partial charge on any atom is 0.248 e. The SMILES string of the molecule is O=C(NC1CCCCC1)C1=C(S(=O)Cc2ccccc2)CCC1. The van der Waals surface area contributed by atoms with Gasteiger partial charge in [0.2, 0.25) is 5.91 Å². The minimum absolute atomic E-state index is 0.0332. The summed E-state index contributed by atoms with van der Waals surface area (Å²) in [6, 6.07) is 10.2. The summed E-state index contributed by atoms with van der Waals surface area (Å²) in [4.78, 5) is 13.5. The molecule has 0 spiro atoms. The Labute approximate surface area is 141 Å². The second kappa shape index (κ2) is 7.91. The summed E-state index contributed by atoms with van der Waals surface area (Å²) in [5.41, 5.74) is 1.86. The van der Waals surface area contributed by atoms with Crippen LogP contribution in [0.1, 0.15) is 56.9 Å². The zero-order valence-corrected chi connectivity index (χ0v) is 14.4. The van der Waals surface area contributed by atoms with E-state index in [0.717, 1.165) is 48.1 Å². The second-order valence-corrected chi connectivity index (χ2v) is 8.01. The molecule has 0 aliphatic heterocycles. The van der Waals surface area contributed by atoms with E-state index in [9.17, 15) is 9.00 Å². The Kier molecular flexibility index (Phi) is 5.65. The van der Waals surface area contributed by atoms with E-state index in [1.807, 2.05) is 30.3 Å². The van der Waals surface area contributed by atoms with E-state index in [-0.39, 0.29) is 5.91 Å². The van der Waals surface area contributed by atoms with Crippen molar-refractivity contribution in [3.63, 3.8) is 0 Å². The van der Waals surface area contributed by atoms with Gasteiger partial charge in [-0.05, 0) is 37.7 Å². The lowest BCUT2D eigenvalue weighted by atomic mass is 9.95. The quantitative estimate of drug-likeness (QED) is 0.891. The molecule has 0 saturated heterocycles. The van der Waals surface area contributed by atoms with Crippen LogP contribution in [0.4, 0.5) is 0 Å². The standard InChI is InChI=1S/C19H25NO2S/c21-19(20-16-10-5-2-6-11-16)17-12-7-13-18(17)23(22)14-15-8-3-1-4-9-15/h1,3-4,8-9,16H,2,5-7,10-14H2,(H,20,21). The summed E-state index contributed by atoms with van der Waals surface area (Å²) in [6.07, 6.45) is 8.38. The van der Waals surface area contributed by atoms with Crippen LogP contribution < -0.4 is 5.32 Å². The van der Waals surface area contributed by atoms with Crippen LogP contribution in [0.2, 0.25) is 0 Å². The molecule has 1 aromatic carbocycles. The molecule has 3 nitrogen and oxygen atoms in total. The Hall–Kier alpha value is -1.42. The third kappa shape index (κ3) is 4.31. The Morgan fingerprint density at radius 2 is 1.78 bits per heavy atom. The average molecular weight is 331 g/mol. The van der Waals surface area contributed by atoms with E-state index in [1.165, 1.54) is 19.3 Å². The summed E-state index contributed by atoms with van der Waals surface area (Å²) in [5.74, 6) is 0.543. The van der Waals surface area contributed by atoms with E-state index < -0.39 is 10.8 Å². The van der Waals surface area contributed by atoms with Crippen molar-refractivity contribution >= 4 is 16.7 Å². The van der Waals surface area contributed by atoms with Gasteiger partial charge in [-0.3, -0.25) is 9.00 Å². The molecule has 23 heavy (non-hydrogen) atoms. The number of rotatable bonds is 5. The van der Waals surface area contributed by atoms with Crippen molar-refractivity contribution in [2.45, 2.75) is 63.2 Å². The van der Waals surface area contributed by atoms with Gasteiger partial charge in [0.15, 0.2) is 0 Å². The molecule has 1 atom stereocenters. The Morgan fingerprint density at radius 1 is 1.04 bits per heavy atom. The highest BCUT2D eigenvalue weighted by Gasteiger charge is 2.26. The predicted molar refractivity (Wildman–Crippen MR) is 94.2 cm³/mol. The highest BCUT2D eigenvalue weighted by molar-refractivity contribution is 7.88. The van der Waals surface area contributed by atoms with Gasteiger partial charge in [-0.15, -0.1) is 0 Å². The summed E-state index contributed by atoms with van der Waals surface area (Å²) in [7, 11) is -1.08. The van der Waals surface area contributed by atoms with Crippen molar-refractivity contribution in [3.05, 3.63) is 46.4 Å². The fourth-order valence-electron chi connectivity index (χ4n) is 3.54. The summed E-state index contributed by atoms with van der Waals surface area (Å²) >= 11 is 0. The molecule has 1 fully saturated rings. The molecule has 1 unspecified atom stereocenters. The van der Waals surface area contributed by atoms with Gasteiger partial charge in [-0.25, -0.2) is 0 Å². The van der Waals surface area contributed by atoms with Crippen molar-refractivity contribution in [3.8, 4) is 0 Å². The van der Waals surface area contributed by atoms with E-state index >= 15 is 0 Å². The molecular formula is C19H25NO2S. The minimum atomic E-state index is -1.08. The smallest absolute Gasteiger partial charge is 0.248 e. The molecule has 2 aliphatic rings. The number of hydrogen-bond donors (Lipinski definition) is 1. The predicted octanol–water partition coefficient (Wildman–Crippen LogP) is 3.82. The number of carbonyl (C=O) groups excluding carboxylic acids is 1. The van der Waals surface area contributed by atoms with Gasteiger partial charge in [0.1, 0.15) is 0 Å². The molecule has 1 aromatic rings. The molecule has 3 rings (SSSR count).